The van der Waals surface area contributed by atoms with E-state index in [0.717, 1.165) is 49.8 Å². The van der Waals surface area contributed by atoms with E-state index >= 15 is 0 Å². The van der Waals surface area contributed by atoms with Crippen molar-refractivity contribution in [1.82, 2.24) is 24.8 Å². The van der Waals surface area contributed by atoms with Gasteiger partial charge in [-0.2, -0.15) is 0 Å². The molecule has 3 N–H and O–H groups in total. The van der Waals surface area contributed by atoms with E-state index in [0.29, 0.717) is 11.3 Å². The van der Waals surface area contributed by atoms with Crippen molar-refractivity contribution in [3.05, 3.63) is 27.6 Å². The van der Waals surface area contributed by atoms with Crippen LogP contribution in [0.15, 0.2) is 28.5 Å². The van der Waals surface area contributed by atoms with Crippen LogP contribution in [0, 0.1) is 3.57 Å². The molecule has 0 amide bonds. The highest BCUT2D eigenvalue weighted by atomic mass is 127. The van der Waals surface area contributed by atoms with E-state index in [4.69, 9.17) is 10.7 Å². The second-order valence-electron chi connectivity index (χ2n) is 8.85. The highest BCUT2D eigenvalue weighted by Gasteiger charge is 2.22. The van der Waals surface area contributed by atoms with Crippen molar-refractivity contribution in [1.29, 1.82) is 0 Å². The lowest BCUT2D eigenvalue weighted by molar-refractivity contribution is 0.412. The SMILES string of the molecule is CCN1CCc2cc(I)c(Sc3nc4c(N)ncnc4n3CCCNC(C)(C)C)cc21. The van der Waals surface area contributed by atoms with Crippen LogP contribution >= 0.6 is 34.4 Å². The fourth-order valence-electron chi connectivity index (χ4n) is 3.87. The first-order chi connectivity index (χ1) is 14.8. The number of aryl methyl sites for hydroxylation is 1. The average molecular weight is 552 g/mol. The molecule has 3 aromatic rings. The molecule has 2 aromatic heterocycles. The van der Waals surface area contributed by atoms with Gasteiger partial charge < -0.3 is 20.5 Å². The van der Waals surface area contributed by atoms with Crippen LogP contribution in [0.2, 0.25) is 0 Å². The first kappa shape index (κ1) is 22.6. The van der Waals surface area contributed by atoms with E-state index in [-0.39, 0.29) is 5.54 Å². The van der Waals surface area contributed by atoms with Crippen molar-refractivity contribution in [3.8, 4) is 0 Å². The van der Waals surface area contributed by atoms with Crippen molar-refractivity contribution < 1.29 is 0 Å². The van der Waals surface area contributed by atoms with E-state index in [1.54, 1.807) is 11.8 Å². The number of nitrogens with one attached hydrogen (secondary N) is 1. The highest BCUT2D eigenvalue weighted by Crippen LogP contribution is 2.39. The summed E-state index contributed by atoms with van der Waals surface area (Å²) < 4.78 is 3.44. The Morgan fingerprint density at radius 2 is 2.06 bits per heavy atom. The zero-order valence-corrected chi connectivity index (χ0v) is 21.5. The second-order valence-corrected chi connectivity index (χ2v) is 11.0. The Bertz CT molecular complexity index is 1090. The monoisotopic (exact) mass is 551 g/mol. The zero-order chi connectivity index (χ0) is 22.2. The van der Waals surface area contributed by atoms with Crippen LogP contribution in [-0.2, 0) is 13.0 Å². The number of nitrogen functional groups attached to an aromatic ring is 1. The van der Waals surface area contributed by atoms with Crippen LogP contribution in [-0.4, -0.2) is 44.7 Å². The largest absolute Gasteiger partial charge is 0.382 e. The molecule has 1 aromatic carbocycles. The third kappa shape index (κ3) is 4.93. The molecule has 1 aliphatic rings. The van der Waals surface area contributed by atoms with Gasteiger partial charge in [-0.3, -0.25) is 0 Å². The molecule has 166 valence electrons. The van der Waals surface area contributed by atoms with Crippen molar-refractivity contribution in [2.45, 2.75) is 62.7 Å². The minimum atomic E-state index is 0.104. The van der Waals surface area contributed by atoms with Crippen molar-refractivity contribution in [3.63, 3.8) is 0 Å². The number of anilines is 2. The predicted octanol–water partition coefficient (Wildman–Crippen LogP) is 4.32. The molecule has 3 heterocycles. The number of nitrogens with zero attached hydrogens (tertiary/aromatic N) is 5. The van der Waals surface area contributed by atoms with E-state index in [2.05, 4.69) is 87.2 Å². The maximum Gasteiger partial charge on any atom is 0.175 e. The Morgan fingerprint density at radius 3 is 2.81 bits per heavy atom. The fourth-order valence-corrected chi connectivity index (χ4v) is 5.68. The van der Waals surface area contributed by atoms with Crippen molar-refractivity contribution in [2.75, 3.05) is 30.3 Å². The zero-order valence-electron chi connectivity index (χ0n) is 18.6. The van der Waals surface area contributed by atoms with Crippen molar-refractivity contribution in [2.24, 2.45) is 0 Å². The van der Waals surface area contributed by atoms with Gasteiger partial charge in [0.1, 0.15) is 6.33 Å². The summed E-state index contributed by atoms with van der Waals surface area (Å²) in [5.74, 6) is 0.430. The number of aromatic nitrogens is 4. The number of likely N-dealkylation sites (N-methyl/N-ethyl adjacent to an activating group) is 1. The lowest BCUT2D eigenvalue weighted by atomic mass is 10.1. The maximum atomic E-state index is 6.13. The van der Waals surface area contributed by atoms with Crippen molar-refractivity contribution >= 4 is 57.0 Å². The molecule has 0 spiro atoms. The van der Waals surface area contributed by atoms with Gasteiger partial charge in [-0.1, -0.05) is 11.8 Å². The van der Waals surface area contributed by atoms with Gasteiger partial charge in [0.05, 0.1) is 0 Å². The molecule has 0 bridgehead atoms. The van der Waals surface area contributed by atoms with Crippen LogP contribution in [0.5, 0.6) is 0 Å². The molecule has 0 unspecified atom stereocenters. The molecular weight excluding hydrogens is 521 g/mol. The van der Waals surface area contributed by atoms with Gasteiger partial charge in [0.25, 0.3) is 0 Å². The number of rotatable bonds is 7. The smallest absolute Gasteiger partial charge is 0.175 e. The molecule has 4 rings (SSSR count). The molecule has 1 aliphatic heterocycles. The molecule has 9 heteroatoms. The van der Waals surface area contributed by atoms with E-state index in [1.807, 2.05) is 0 Å². The molecule has 7 nitrogen and oxygen atoms in total. The van der Waals surface area contributed by atoms with Crippen LogP contribution in [0.25, 0.3) is 11.2 Å². The van der Waals surface area contributed by atoms with Crippen LogP contribution in [0.4, 0.5) is 11.5 Å². The van der Waals surface area contributed by atoms with Gasteiger partial charge in [0.15, 0.2) is 22.1 Å². The van der Waals surface area contributed by atoms with Gasteiger partial charge in [-0.05, 0) is 87.4 Å². The summed E-state index contributed by atoms with van der Waals surface area (Å²) in [6.07, 6.45) is 3.62. The summed E-state index contributed by atoms with van der Waals surface area (Å²) in [6.45, 7) is 12.6. The van der Waals surface area contributed by atoms with E-state index < -0.39 is 0 Å². The third-order valence-electron chi connectivity index (χ3n) is 5.45. The number of imidazole rings is 1. The number of halogens is 1. The average Bonchev–Trinajstić information content (AvgIpc) is 3.26. The molecule has 0 saturated heterocycles. The Morgan fingerprint density at radius 1 is 1.26 bits per heavy atom. The fraction of sp³-hybridized carbons (Fsp3) is 0.500. The van der Waals surface area contributed by atoms with Gasteiger partial charge >= 0.3 is 0 Å². The summed E-state index contributed by atoms with van der Waals surface area (Å²) in [4.78, 5) is 17.2. The predicted molar refractivity (Wildman–Crippen MR) is 137 cm³/mol. The lowest BCUT2D eigenvalue weighted by Crippen LogP contribution is -2.36. The molecule has 0 saturated carbocycles. The highest BCUT2D eigenvalue weighted by molar-refractivity contribution is 14.1. The van der Waals surface area contributed by atoms with E-state index in [9.17, 15) is 0 Å². The summed E-state index contributed by atoms with van der Waals surface area (Å²) in [6, 6.07) is 4.64. The van der Waals surface area contributed by atoms with Gasteiger partial charge in [0.2, 0.25) is 0 Å². The van der Waals surface area contributed by atoms with Gasteiger partial charge in [-0.25, -0.2) is 15.0 Å². The minimum absolute atomic E-state index is 0.104. The summed E-state index contributed by atoms with van der Waals surface area (Å²) in [7, 11) is 0. The maximum absolute atomic E-state index is 6.13. The Labute approximate surface area is 201 Å². The molecule has 0 aliphatic carbocycles. The molecular formula is C22H30IN7S. The van der Waals surface area contributed by atoms with Crippen LogP contribution < -0.4 is 16.0 Å². The Hall–Kier alpha value is -1.59. The number of hydrogen-bond acceptors (Lipinski definition) is 7. The number of fused-ring (bicyclic) bond motifs is 2. The third-order valence-corrected chi connectivity index (χ3v) is 7.76. The van der Waals surface area contributed by atoms with E-state index in [1.165, 1.54) is 26.0 Å². The Balaban J connectivity index is 1.65. The topological polar surface area (TPSA) is 84.9 Å². The Kier molecular flexibility index (Phi) is 6.64. The van der Waals surface area contributed by atoms with Gasteiger partial charge in [-0.15, -0.1) is 0 Å². The van der Waals surface area contributed by atoms with Crippen LogP contribution in [0.3, 0.4) is 0 Å². The number of nitrogens with two attached hydrogens (primary N) is 1. The normalized spacial score (nSPS) is 13.9. The van der Waals surface area contributed by atoms with Gasteiger partial charge in [0, 0.05) is 39.3 Å². The van der Waals surface area contributed by atoms with Crippen LogP contribution in [0.1, 0.15) is 39.7 Å². The summed E-state index contributed by atoms with van der Waals surface area (Å²) in [5.41, 5.74) is 10.5. The molecule has 0 fully saturated rings. The summed E-state index contributed by atoms with van der Waals surface area (Å²) in [5, 5.41) is 4.47. The first-order valence-electron chi connectivity index (χ1n) is 10.7. The minimum Gasteiger partial charge on any atom is -0.382 e. The molecule has 0 atom stereocenters. The molecule has 31 heavy (non-hydrogen) atoms. The molecule has 0 radical (unpaired) electrons. The number of benzene rings is 1. The number of hydrogen-bond donors (Lipinski definition) is 2. The summed E-state index contributed by atoms with van der Waals surface area (Å²) >= 11 is 4.13. The first-order valence-corrected chi connectivity index (χ1v) is 12.6. The lowest BCUT2D eigenvalue weighted by Gasteiger charge is -2.20. The second kappa shape index (κ2) is 9.11. The standard InChI is InChI=1S/C22H30IN7S/c1-5-29-10-7-14-11-15(23)17(12-16(14)29)31-21-28-18-19(24)25-13-26-20(18)30(21)9-6-8-27-22(2,3)4/h11-13,27H,5-10H2,1-4H3,(H2,24,25,26). The quantitative estimate of drug-likeness (QED) is 0.334.